The molecule has 6 nitrogen and oxygen atoms in total. The van der Waals surface area contributed by atoms with Gasteiger partial charge >= 0.3 is 12.2 Å². The minimum absolute atomic E-state index is 0.00103. The first kappa shape index (κ1) is 19.4. The van der Waals surface area contributed by atoms with Crippen molar-refractivity contribution >= 4 is 21.6 Å². The Hall–Kier alpha value is -1.97. The molecule has 25 heavy (non-hydrogen) atoms. The van der Waals surface area contributed by atoms with E-state index in [4.69, 9.17) is 4.74 Å². The Balaban J connectivity index is 2.03. The molecule has 0 aromatic heterocycles. The fourth-order valence-corrected chi connectivity index (χ4v) is 4.38. The lowest BCUT2D eigenvalue weighted by atomic mass is 10.1. The van der Waals surface area contributed by atoms with Crippen molar-refractivity contribution < 1.29 is 31.1 Å². The summed E-state index contributed by atoms with van der Waals surface area (Å²) in [5.74, 6) is 0.0159. The molecule has 0 spiro atoms. The summed E-state index contributed by atoms with van der Waals surface area (Å²) in [5, 5.41) is 4.82. The summed E-state index contributed by atoms with van der Waals surface area (Å²) in [4.78, 5) is 11.9. The second-order valence-corrected chi connectivity index (χ2v) is 7.97. The third kappa shape index (κ3) is 5.52. The Morgan fingerprint density at radius 2 is 2.08 bits per heavy atom. The van der Waals surface area contributed by atoms with Gasteiger partial charge in [-0.2, -0.15) is 13.2 Å². The third-order valence-corrected chi connectivity index (χ3v) is 5.57. The van der Waals surface area contributed by atoms with Crippen LogP contribution in [0.1, 0.15) is 18.9 Å². The zero-order valence-electron chi connectivity index (χ0n) is 13.5. The van der Waals surface area contributed by atoms with E-state index in [0.29, 0.717) is 6.42 Å². The van der Waals surface area contributed by atoms with Gasteiger partial charge in [-0.25, -0.2) is 13.2 Å². The van der Waals surface area contributed by atoms with Gasteiger partial charge in [0.2, 0.25) is 0 Å². The highest BCUT2D eigenvalue weighted by atomic mass is 32.2. The number of sulfone groups is 1. The van der Waals surface area contributed by atoms with Gasteiger partial charge in [0.1, 0.15) is 5.75 Å². The number of hydrogen-bond donors (Lipinski definition) is 2. The number of amides is 2. The molecule has 1 atom stereocenters. The van der Waals surface area contributed by atoms with Crippen LogP contribution in [0.3, 0.4) is 0 Å². The van der Waals surface area contributed by atoms with Gasteiger partial charge in [-0.3, -0.25) is 0 Å². The number of alkyl halides is 3. The SMILES string of the molecule is CCOc1ccc(C(F)(F)F)cc1NC(=O)NC[C@H]1CCS(=O)(=O)C1. The van der Waals surface area contributed by atoms with Crippen molar-refractivity contribution in [1.29, 1.82) is 0 Å². The maximum Gasteiger partial charge on any atom is 0.416 e. The van der Waals surface area contributed by atoms with Crippen LogP contribution in [0.4, 0.5) is 23.7 Å². The van der Waals surface area contributed by atoms with Crippen molar-refractivity contribution in [1.82, 2.24) is 5.32 Å². The molecule has 1 aromatic carbocycles. The minimum atomic E-state index is -4.55. The molecule has 1 aliphatic rings. The number of urea groups is 1. The zero-order chi connectivity index (χ0) is 18.7. The van der Waals surface area contributed by atoms with Crippen LogP contribution in [-0.2, 0) is 16.0 Å². The Kier molecular flexibility index (Phi) is 5.81. The molecule has 10 heteroatoms. The van der Waals surface area contributed by atoms with Crippen molar-refractivity contribution in [2.75, 3.05) is 30.0 Å². The van der Waals surface area contributed by atoms with E-state index in [0.717, 1.165) is 18.2 Å². The Labute approximate surface area is 143 Å². The molecule has 2 N–H and O–H groups in total. The van der Waals surface area contributed by atoms with Gasteiger partial charge in [0.15, 0.2) is 9.84 Å². The Morgan fingerprint density at radius 3 is 2.64 bits per heavy atom. The lowest BCUT2D eigenvalue weighted by molar-refractivity contribution is -0.137. The van der Waals surface area contributed by atoms with Crippen LogP contribution in [0.2, 0.25) is 0 Å². The molecule has 1 aliphatic heterocycles. The molecule has 2 rings (SSSR count). The molecular weight excluding hydrogens is 361 g/mol. The van der Waals surface area contributed by atoms with E-state index < -0.39 is 27.6 Å². The normalized spacial score (nSPS) is 19.4. The number of ether oxygens (including phenoxy) is 1. The maximum atomic E-state index is 12.8. The average Bonchev–Trinajstić information content (AvgIpc) is 2.85. The van der Waals surface area contributed by atoms with Crippen LogP contribution in [0.5, 0.6) is 5.75 Å². The van der Waals surface area contributed by atoms with Crippen LogP contribution < -0.4 is 15.4 Å². The van der Waals surface area contributed by atoms with Gasteiger partial charge in [0, 0.05) is 6.54 Å². The molecule has 0 unspecified atom stereocenters. The van der Waals surface area contributed by atoms with E-state index in [1.165, 1.54) is 0 Å². The first-order chi connectivity index (χ1) is 11.6. The van der Waals surface area contributed by atoms with Crippen molar-refractivity contribution in [3.63, 3.8) is 0 Å². The first-order valence-corrected chi connectivity index (χ1v) is 9.52. The van der Waals surface area contributed by atoms with Crippen LogP contribution in [0.15, 0.2) is 18.2 Å². The first-order valence-electron chi connectivity index (χ1n) is 7.70. The summed E-state index contributed by atoms with van der Waals surface area (Å²) in [5.41, 5.74) is -1.01. The summed E-state index contributed by atoms with van der Waals surface area (Å²) in [7, 11) is -3.06. The number of carbonyl (C=O) groups excluding carboxylic acids is 1. The number of hydrogen-bond acceptors (Lipinski definition) is 4. The molecule has 0 radical (unpaired) electrons. The van der Waals surface area contributed by atoms with Gasteiger partial charge < -0.3 is 15.4 Å². The molecule has 0 aliphatic carbocycles. The fraction of sp³-hybridized carbons (Fsp3) is 0.533. The van der Waals surface area contributed by atoms with Crippen molar-refractivity contribution in [2.24, 2.45) is 5.92 Å². The van der Waals surface area contributed by atoms with Crippen molar-refractivity contribution in [3.05, 3.63) is 23.8 Å². The Morgan fingerprint density at radius 1 is 1.36 bits per heavy atom. The lowest BCUT2D eigenvalue weighted by Crippen LogP contribution is -2.33. The summed E-state index contributed by atoms with van der Waals surface area (Å²) in [6.45, 7) is 2.03. The van der Waals surface area contributed by atoms with Gasteiger partial charge in [-0.1, -0.05) is 0 Å². The quantitative estimate of drug-likeness (QED) is 0.823. The molecule has 0 bridgehead atoms. The molecule has 1 aromatic rings. The van der Waals surface area contributed by atoms with Crippen LogP contribution >= 0.6 is 0 Å². The van der Waals surface area contributed by atoms with E-state index in [1.807, 2.05) is 0 Å². The standard InChI is InChI=1S/C15H19F3N2O4S/c1-2-24-13-4-3-11(15(16,17)18)7-12(13)20-14(21)19-8-10-5-6-25(22,23)9-10/h3-4,7,10H,2,5-6,8-9H2,1H3,(H2,19,20,21)/t10-/m1/s1. The third-order valence-electron chi connectivity index (χ3n) is 3.73. The summed E-state index contributed by atoms with van der Waals surface area (Å²) >= 11 is 0. The van der Waals surface area contributed by atoms with E-state index in [1.54, 1.807) is 6.92 Å². The zero-order valence-corrected chi connectivity index (χ0v) is 14.3. The number of carbonyl (C=O) groups is 1. The van der Waals surface area contributed by atoms with E-state index in [-0.39, 0.29) is 42.0 Å². The van der Waals surface area contributed by atoms with Crippen molar-refractivity contribution in [2.45, 2.75) is 19.5 Å². The predicted molar refractivity (Wildman–Crippen MR) is 86.4 cm³/mol. The molecule has 2 amide bonds. The van der Waals surface area contributed by atoms with Gasteiger partial charge in [-0.05, 0) is 37.5 Å². The van der Waals surface area contributed by atoms with Crippen LogP contribution in [0.25, 0.3) is 0 Å². The van der Waals surface area contributed by atoms with Gasteiger partial charge in [-0.15, -0.1) is 0 Å². The summed E-state index contributed by atoms with van der Waals surface area (Å²) < 4.78 is 66.4. The lowest BCUT2D eigenvalue weighted by Gasteiger charge is -2.16. The molecule has 0 saturated carbocycles. The maximum absolute atomic E-state index is 12.8. The molecule has 1 saturated heterocycles. The number of benzene rings is 1. The monoisotopic (exact) mass is 380 g/mol. The van der Waals surface area contributed by atoms with Crippen molar-refractivity contribution in [3.8, 4) is 5.75 Å². The van der Waals surface area contributed by atoms with Crippen LogP contribution in [0, 0.1) is 5.92 Å². The molecule has 140 valence electrons. The Bertz CT molecular complexity index is 735. The van der Waals surface area contributed by atoms with Gasteiger partial charge in [0.25, 0.3) is 0 Å². The predicted octanol–water partition coefficient (Wildman–Crippen LogP) is 2.66. The highest BCUT2D eigenvalue weighted by Crippen LogP contribution is 2.35. The van der Waals surface area contributed by atoms with E-state index in [2.05, 4.69) is 10.6 Å². The van der Waals surface area contributed by atoms with Gasteiger partial charge in [0.05, 0.1) is 29.4 Å². The van der Waals surface area contributed by atoms with Crippen LogP contribution in [-0.4, -0.2) is 39.1 Å². The van der Waals surface area contributed by atoms with E-state index >= 15 is 0 Å². The second kappa shape index (κ2) is 7.51. The molecule has 1 heterocycles. The van der Waals surface area contributed by atoms with E-state index in [9.17, 15) is 26.4 Å². The minimum Gasteiger partial charge on any atom is -0.492 e. The smallest absolute Gasteiger partial charge is 0.416 e. The average molecular weight is 380 g/mol. The number of anilines is 1. The summed E-state index contributed by atoms with van der Waals surface area (Å²) in [6, 6.07) is 2.10. The summed E-state index contributed by atoms with van der Waals surface area (Å²) in [6.07, 6.45) is -4.09. The molecule has 1 fully saturated rings. The second-order valence-electron chi connectivity index (χ2n) is 5.75. The highest BCUT2D eigenvalue weighted by Gasteiger charge is 2.31. The number of halogens is 3. The largest absolute Gasteiger partial charge is 0.492 e. The number of rotatable bonds is 5. The topological polar surface area (TPSA) is 84.5 Å². The molecular formula is C15H19F3N2O4S. The highest BCUT2D eigenvalue weighted by molar-refractivity contribution is 7.91. The number of nitrogens with one attached hydrogen (secondary N) is 2. The fourth-order valence-electron chi connectivity index (χ4n) is 2.52.